The highest BCUT2D eigenvalue weighted by atomic mass is 19.0. The van der Waals surface area contributed by atoms with Crippen LogP contribution in [0.5, 0.6) is 23.0 Å². The first-order valence-electron chi connectivity index (χ1n) is 22.3. The molecule has 0 atom stereocenters. The molecule has 12 nitrogen and oxygen atoms in total. The molecule has 332 valence electrons. The number of hydrogen-bond acceptors (Lipinski definition) is 11. The Morgan fingerprint density at radius 3 is 1.49 bits per heavy atom. The number of rotatable bonds is 11. The van der Waals surface area contributed by atoms with Gasteiger partial charge in [0.25, 0.3) is 5.91 Å². The summed E-state index contributed by atoms with van der Waals surface area (Å²) in [5, 5.41) is 15.6. The predicted molar refractivity (Wildman–Crippen MR) is 256 cm³/mol. The zero-order valence-electron chi connectivity index (χ0n) is 36.3. The van der Waals surface area contributed by atoms with E-state index in [0.29, 0.717) is 25.9 Å². The SMILES string of the molecule is C1=NCC(c2ccc(Oc3ccc4nc(CN5CCNCC5)ccc4c3)cc2)=C1.F.O=C(N1CCN(Cc2ccc3cc(Oc4ccc(C5=CC=NC5)cc4)ccc3n2)CC1)C1(O)CC1. The Morgan fingerprint density at radius 1 is 0.585 bits per heavy atom. The highest BCUT2D eigenvalue weighted by molar-refractivity contribution is 5.91. The number of carbonyl (C=O) groups is 1. The van der Waals surface area contributed by atoms with Gasteiger partial charge < -0.3 is 24.8 Å². The maximum absolute atomic E-state index is 12.3. The molecular formula is C52H53FN8O4. The Hall–Kier alpha value is -6.64. The minimum absolute atomic E-state index is 0. The lowest BCUT2D eigenvalue weighted by atomic mass is 10.1. The van der Waals surface area contributed by atoms with Crippen LogP contribution in [-0.2, 0) is 17.9 Å². The summed E-state index contributed by atoms with van der Waals surface area (Å²) in [6, 6.07) is 36.7. The topological polar surface area (TPSA) is 128 Å². The van der Waals surface area contributed by atoms with Crippen molar-refractivity contribution in [1.82, 2.24) is 30.0 Å². The number of nitrogens with one attached hydrogen (secondary N) is 1. The molecule has 6 aromatic rings. The van der Waals surface area contributed by atoms with Crippen LogP contribution in [0.15, 0.2) is 131 Å². The number of allylic oxidation sites excluding steroid dienone is 2. The minimum Gasteiger partial charge on any atom is -0.457 e. The number of hydrogen-bond donors (Lipinski definition) is 2. The van der Waals surface area contributed by atoms with E-state index in [2.05, 4.69) is 85.8 Å². The first kappa shape index (κ1) is 43.6. The molecule has 4 aliphatic heterocycles. The molecule has 65 heavy (non-hydrogen) atoms. The normalized spacial score (nSPS) is 17.8. The van der Waals surface area contributed by atoms with E-state index in [1.807, 2.05) is 73.1 Å². The second-order valence-corrected chi connectivity index (χ2v) is 17.1. The lowest BCUT2D eigenvalue weighted by molar-refractivity contribution is -0.144. The van der Waals surface area contributed by atoms with Crippen molar-refractivity contribution in [3.8, 4) is 23.0 Å². The van der Waals surface area contributed by atoms with Gasteiger partial charge in [-0.05, 0) is 120 Å². The molecule has 2 aromatic heterocycles. The van der Waals surface area contributed by atoms with Crippen LogP contribution in [0.4, 0.5) is 4.70 Å². The van der Waals surface area contributed by atoms with E-state index < -0.39 is 5.60 Å². The number of fused-ring (bicyclic) bond motifs is 2. The van der Waals surface area contributed by atoms with Gasteiger partial charge in [-0.15, -0.1) is 0 Å². The fourth-order valence-corrected chi connectivity index (χ4v) is 8.47. The number of nitrogens with zero attached hydrogens (tertiary/aromatic N) is 7. The summed E-state index contributed by atoms with van der Waals surface area (Å²) in [4.78, 5) is 37.0. The zero-order valence-corrected chi connectivity index (χ0v) is 36.3. The molecule has 0 spiro atoms. The van der Waals surface area contributed by atoms with Gasteiger partial charge in [-0.1, -0.05) is 36.4 Å². The van der Waals surface area contributed by atoms with Crippen molar-refractivity contribution < 1.29 is 24.1 Å². The molecule has 5 aliphatic rings. The van der Waals surface area contributed by atoms with Crippen LogP contribution < -0.4 is 14.8 Å². The quantitative estimate of drug-likeness (QED) is 0.135. The number of halogens is 1. The van der Waals surface area contributed by atoms with Crippen molar-refractivity contribution in [3.05, 3.63) is 144 Å². The van der Waals surface area contributed by atoms with Crippen molar-refractivity contribution in [3.63, 3.8) is 0 Å². The number of aliphatic imine (C=N–C) groups is 2. The molecule has 0 unspecified atom stereocenters. The molecule has 2 N–H and O–H groups in total. The highest BCUT2D eigenvalue weighted by Crippen LogP contribution is 2.37. The molecule has 1 amide bonds. The molecule has 1 saturated carbocycles. The van der Waals surface area contributed by atoms with E-state index in [4.69, 9.17) is 19.4 Å². The van der Waals surface area contributed by atoms with Crippen molar-refractivity contribution in [2.24, 2.45) is 9.98 Å². The number of aromatic nitrogens is 2. The van der Waals surface area contributed by atoms with Crippen molar-refractivity contribution >= 4 is 51.3 Å². The van der Waals surface area contributed by atoms with E-state index in [-0.39, 0.29) is 10.6 Å². The fourth-order valence-electron chi connectivity index (χ4n) is 8.47. The number of amides is 1. The van der Waals surface area contributed by atoms with Gasteiger partial charge in [-0.2, -0.15) is 0 Å². The summed E-state index contributed by atoms with van der Waals surface area (Å²) in [6.45, 7) is 10.3. The lowest BCUT2D eigenvalue weighted by Crippen LogP contribution is -2.51. The molecule has 3 fully saturated rings. The second kappa shape index (κ2) is 19.6. The maximum Gasteiger partial charge on any atom is 0.254 e. The third-order valence-electron chi connectivity index (χ3n) is 12.4. The number of pyridine rings is 2. The molecule has 0 bridgehead atoms. The van der Waals surface area contributed by atoms with Crippen LogP contribution >= 0.6 is 0 Å². The van der Waals surface area contributed by atoms with Crippen molar-refractivity contribution in [2.75, 3.05) is 65.4 Å². The molecule has 13 heteroatoms. The van der Waals surface area contributed by atoms with E-state index in [1.54, 1.807) is 4.90 Å². The Kier molecular flexibility index (Phi) is 13.2. The van der Waals surface area contributed by atoms with Crippen LogP contribution in [0.3, 0.4) is 0 Å². The van der Waals surface area contributed by atoms with Gasteiger partial charge >= 0.3 is 0 Å². The Morgan fingerprint density at radius 2 is 1.05 bits per heavy atom. The van der Waals surface area contributed by atoms with Crippen LogP contribution in [0.1, 0.15) is 35.4 Å². The van der Waals surface area contributed by atoms with E-state index in [9.17, 15) is 9.90 Å². The Bertz CT molecular complexity index is 2770. The van der Waals surface area contributed by atoms with Crippen LogP contribution in [0.2, 0.25) is 0 Å². The van der Waals surface area contributed by atoms with E-state index in [0.717, 1.165) is 122 Å². The first-order valence-corrected chi connectivity index (χ1v) is 22.3. The Labute approximate surface area is 378 Å². The first-order chi connectivity index (χ1) is 31.4. The molecule has 4 aromatic carbocycles. The molecule has 11 rings (SSSR count). The Balaban J connectivity index is 0.000000164. The summed E-state index contributed by atoms with van der Waals surface area (Å²) in [5.41, 5.74) is 7.81. The number of aliphatic hydroxyl groups is 1. The smallest absolute Gasteiger partial charge is 0.254 e. The van der Waals surface area contributed by atoms with Gasteiger partial charge in [0.2, 0.25) is 0 Å². The molecule has 0 radical (unpaired) electrons. The van der Waals surface area contributed by atoms with Crippen molar-refractivity contribution in [1.29, 1.82) is 0 Å². The van der Waals surface area contributed by atoms with Crippen LogP contribution in [0, 0.1) is 0 Å². The van der Waals surface area contributed by atoms with Crippen molar-refractivity contribution in [2.45, 2.75) is 31.5 Å². The van der Waals surface area contributed by atoms with Gasteiger partial charge in [0.15, 0.2) is 0 Å². The van der Waals surface area contributed by atoms with Gasteiger partial charge in [-0.3, -0.25) is 39.3 Å². The minimum atomic E-state index is -1.07. The summed E-state index contributed by atoms with van der Waals surface area (Å²) in [5.74, 6) is 3.13. The average molecular weight is 873 g/mol. The third-order valence-corrected chi connectivity index (χ3v) is 12.4. The van der Waals surface area contributed by atoms with Gasteiger partial charge in [0.1, 0.15) is 28.6 Å². The second-order valence-electron chi connectivity index (χ2n) is 17.1. The van der Waals surface area contributed by atoms with E-state index >= 15 is 0 Å². The molecule has 1 aliphatic carbocycles. The number of ether oxygens (including phenoxy) is 2. The van der Waals surface area contributed by atoms with E-state index in [1.165, 1.54) is 22.3 Å². The van der Waals surface area contributed by atoms with Crippen LogP contribution in [-0.4, -0.2) is 119 Å². The number of benzene rings is 4. The monoisotopic (exact) mass is 872 g/mol. The number of carbonyl (C=O) groups excluding carboxylic acids is 1. The lowest BCUT2D eigenvalue weighted by Gasteiger charge is -2.35. The average Bonchev–Trinajstić information content (AvgIpc) is 3.66. The highest BCUT2D eigenvalue weighted by Gasteiger charge is 2.50. The predicted octanol–water partition coefficient (Wildman–Crippen LogP) is 7.72. The number of piperazine rings is 2. The largest absolute Gasteiger partial charge is 0.457 e. The zero-order chi connectivity index (χ0) is 43.3. The molecule has 6 heterocycles. The molecular weight excluding hydrogens is 820 g/mol. The fraction of sp³-hybridized carbons (Fsp3) is 0.288. The summed E-state index contributed by atoms with van der Waals surface area (Å²) >= 11 is 0. The standard InChI is InChI=1S/C28H28N4O3.C24H24N4O.FH/c33-27(28(34)10-11-28)32-15-13-31(14-16-32)19-23-4-1-21-17-25(7-8-26(21)30-23)35-24-5-2-20(3-6-24)22-9-12-29-18-22;1-4-21(17-28-13-11-25-12-14-28)27-24-8-7-23(15-19(1)24)29-22-5-2-18(3-6-22)20-9-10-26-16-20;/h1-9,12,17,34H,10-11,13-16,18-19H2;1-10,15,25H,11-14,16-17H2;1H. The van der Waals surface area contributed by atoms with Crippen LogP contribution in [0.25, 0.3) is 33.0 Å². The molecule has 2 saturated heterocycles. The summed E-state index contributed by atoms with van der Waals surface area (Å²) in [7, 11) is 0. The maximum atomic E-state index is 12.3. The summed E-state index contributed by atoms with van der Waals surface area (Å²) < 4.78 is 12.1. The van der Waals surface area contributed by atoms with Gasteiger partial charge in [0.05, 0.1) is 35.5 Å². The van der Waals surface area contributed by atoms with Gasteiger partial charge in [0, 0.05) is 88.6 Å². The third kappa shape index (κ3) is 10.7. The van der Waals surface area contributed by atoms with Gasteiger partial charge in [-0.25, -0.2) is 0 Å². The summed E-state index contributed by atoms with van der Waals surface area (Å²) in [6.07, 6.45) is 9.00.